The van der Waals surface area contributed by atoms with Crippen molar-refractivity contribution >= 4 is 11.8 Å². The minimum atomic E-state index is -1.08. The lowest BCUT2D eigenvalue weighted by atomic mass is 10.1. The lowest BCUT2D eigenvalue weighted by Gasteiger charge is -2.03. The van der Waals surface area contributed by atoms with Gasteiger partial charge in [-0.2, -0.15) is 0 Å². The third-order valence-corrected chi connectivity index (χ3v) is 1.90. The number of benzene rings is 1. The minimum absolute atomic E-state index is 0.0460. The van der Waals surface area contributed by atoms with Gasteiger partial charge in [-0.3, -0.25) is 4.79 Å². The monoisotopic (exact) mass is 228 g/mol. The van der Waals surface area contributed by atoms with Crippen molar-refractivity contribution in [2.75, 3.05) is 6.61 Å². The largest absolute Gasteiger partial charge is 0.460 e. The van der Waals surface area contributed by atoms with Gasteiger partial charge in [0.1, 0.15) is 11.6 Å². The summed E-state index contributed by atoms with van der Waals surface area (Å²) in [5, 5.41) is 0. The van der Waals surface area contributed by atoms with Gasteiger partial charge in [0, 0.05) is 12.0 Å². The van der Waals surface area contributed by atoms with E-state index in [1.165, 1.54) is 13.0 Å². The summed E-state index contributed by atoms with van der Waals surface area (Å²) in [6.45, 7) is 1.58. The summed E-state index contributed by atoms with van der Waals surface area (Å²) < 4.78 is 30.7. The first kappa shape index (κ1) is 12.3. The summed E-state index contributed by atoms with van der Waals surface area (Å²) in [6.07, 6.45) is -0.628. The summed E-state index contributed by atoms with van der Waals surface area (Å²) >= 11 is 0. The molecule has 0 fully saturated rings. The molecule has 0 aliphatic heterocycles. The number of ketones is 1. The topological polar surface area (TPSA) is 43.4 Å². The number of esters is 1. The lowest BCUT2D eigenvalue weighted by molar-refractivity contribution is -0.153. The van der Waals surface area contributed by atoms with Crippen LogP contribution in [0.3, 0.4) is 0 Å². The SMILES string of the molecule is CCOC(=O)C(=O)Cc1c(F)cccc1F. The second-order valence-corrected chi connectivity index (χ2v) is 3.02. The van der Waals surface area contributed by atoms with Crippen LogP contribution < -0.4 is 0 Å². The highest BCUT2D eigenvalue weighted by Gasteiger charge is 2.19. The Morgan fingerprint density at radius 2 is 1.81 bits per heavy atom. The molecule has 0 bridgehead atoms. The van der Waals surface area contributed by atoms with E-state index in [-0.39, 0.29) is 6.61 Å². The highest BCUT2D eigenvalue weighted by molar-refractivity contribution is 6.34. The molecule has 5 heteroatoms. The van der Waals surface area contributed by atoms with E-state index in [0.717, 1.165) is 12.1 Å². The molecule has 0 saturated heterocycles. The van der Waals surface area contributed by atoms with E-state index in [1.807, 2.05) is 0 Å². The number of hydrogen-bond acceptors (Lipinski definition) is 3. The fourth-order valence-corrected chi connectivity index (χ4v) is 1.15. The van der Waals surface area contributed by atoms with Gasteiger partial charge in [0.15, 0.2) is 0 Å². The predicted molar refractivity (Wildman–Crippen MR) is 51.7 cm³/mol. The van der Waals surface area contributed by atoms with Crippen molar-refractivity contribution in [2.45, 2.75) is 13.3 Å². The van der Waals surface area contributed by atoms with E-state index in [0.29, 0.717) is 0 Å². The van der Waals surface area contributed by atoms with E-state index in [2.05, 4.69) is 4.74 Å². The Morgan fingerprint density at radius 3 is 2.31 bits per heavy atom. The highest BCUT2D eigenvalue weighted by atomic mass is 19.1. The van der Waals surface area contributed by atoms with Gasteiger partial charge in [-0.15, -0.1) is 0 Å². The van der Waals surface area contributed by atoms with Crippen LogP contribution in [0.4, 0.5) is 8.78 Å². The molecule has 16 heavy (non-hydrogen) atoms. The van der Waals surface area contributed by atoms with Crippen LogP contribution in [-0.2, 0) is 20.7 Å². The Kier molecular flexibility index (Phi) is 4.10. The van der Waals surface area contributed by atoms with Gasteiger partial charge >= 0.3 is 5.97 Å². The van der Waals surface area contributed by atoms with Crippen LogP contribution >= 0.6 is 0 Å². The van der Waals surface area contributed by atoms with Gasteiger partial charge in [-0.05, 0) is 19.1 Å². The van der Waals surface area contributed by atoms with Crippen LogP contribution in [0.5, 0.6) is 0 Å². The quantitative estimate of drug-likeness (QED) is 0.581. The van der Waals surface area contributed by atoms with Crippen LogP contribution in [0.25, 0.3) is 0 Å². The van der Waals surface area contributed by atoms with Gasteiger partial charge in [-0.25, -0.2) is 13.6 Å². The van der Waals surface area contributed by atoms with Crippen LogP contribution in [0.15, 0.2) is 18.2 Å². The first-order valence-electron chi connectivity index (χ1n) is 4.69. The second-order valence-electron chi connectivity index (χ2n) is 3.02. The molecule has 0 unspecified atom stereocenters. The summed E-state index contributed by atoms with van der Waals surface area (Å²) in [6, 6.07) is 3.23. The molecule has 0 aliphatic carbocycles. The number of ether oxygens (including phenoxy) is 1. The molecule has 0 saturated carbocycles. The van der Waals surface area contributed by atoms with Crippen molar-refractivity contribution in [1.29, 1.82) is 0 Å². The molecule has 0 atom stereocenters. The molecule has 1 rings (SSSR count). The smallest absolute Gasteiger partial charge is 0.374 e. The predicted octanol–water partition coefficient (Wildman–Crippen LogP) is 1.64. The number of carbonyl (C=O) groups excluding carboxylic acids is 2. The van der Waals surface area contributed by atoms with Crippen molar-refractivity contribution in [3.8, 4) is 0 Å². The molecular formula is C11H10F2O3. The molecule has 0 aromatic heterocycles. The summed E-state index contributed by atoms with van der Waals surface area (Å²) in [7, 11) is 0. The Morgan fingerprint density at radius 1 is 1.25 bits per heavy atom. The molecule has 1 aromatic carbocycles. The first-order chi connectivity index (χ1) is 7.56. The molecule has 0 amide bonds. The van der Waals surface area contributed by atoms with Gasteiger partial charge in [0.2, 0.25) is 5.78 Å². The van der Waals surface area contributed by atoms with E-state index in [1.54, 1.807) is 0 Å². The van der Waals surface area contributed by atoms with Crippen LogP contribution in [0.2, 0.25) is 0 Å². The normalized spacial score (nSPS) is 9.94. The molecule has 86 valence electrons. The fourth-order valence-electron chi connectivity index (χ4n) is 1.15. The second kappa shape index (κ2) is 5.34. The minimum Gasteiger partial charge on any atom is -0.460 e. The molecule has 1 aromatic rings. The summed E-state index contributed by atoms with van der Waals surface area (Å²) in [4.78, 5) is 22.2. The lowest BCUT2D eigenvalue weighted by Crippen LogP contribution is -2.20. The average molecular weight is 228 g/mol. The van der Waals surface area contributed by atoms with Crippen molar-refractivity contribution in [3.05, 3.63) is 35.4 Å². The van der Waals surface area contributed by atoms with E-state index < -0.39 is 35.4 Å². The molecule has 0 aliphatic rings. The van der Waals surface area contributed by atoms with Gasteiger partial charge in [0.05, 0.1) is 6.61 Å². The first-order valence-corrected chi connectivity index (χ1v) is 4.69. The maximum absolute atomic E-state index is 13.1. The number of Topliss-reactive ketones (excluding diaryl/α,β-unsaturated/α-hetero) is 1. The van der Waals surface area contributed by atoms with Gasteiger partial charge < -0.3 is 4.74 Å². The molecule has 0 spiro atoms. The highest BCUT2D eigenvalue weighted by Crippen LogP contribution is 2.13. The standard InChI is InChI=1S/C11H10F2O3/c1-2-16-11(15)10(14)6-7-8(12)4-3-5-9(7)13/h3-5H,2,6H2,1H3. The average Bonchev–Trinajstić information content (AvgIpc) is 2.23. The van der Waals surface area contributed by atoms with Gasteiger partial charge in [-0.1, -0.05) is 6.07 Å². The summed E-state index contributed by atoms with van der Waals surface area (Å²) in [5.41, 5.74) is -0.416. The third-order valence-electron chi connectivity index (χ3n) is 1.90. The van der Waals surface area contributed by atoms with Crippen molar-refractivity contribution in [2.24, 2.45) is 0 Å². The Balaban J connectivity index is 2.81. The van der Waals surface area contributed by atoms with Crippen molar-refractivity contribution < 1.29 is 23.1 Å². The number of hydrogen-bond donors (Lipinski definition) is 0. The number of halogens is 2. The Hall–Kier alpha value is -1.78. The Labute approximate surface area is 91.0 Å². The molecule has 0 radical (unpaired) electrons. The van der Waals surface area contributed by atoms with Gasteiger partial charge in [0.25, 0.3) is 0 Å². The molecular weight excluding hydrogens is 218 g/mol. The third kappa shape index (κ3) is 2.85. The maximum Gasteiger partial charge on any atom is 0.374 e. The van der Waals surface area contributed by atoms with Crippen molar-refractivity contribution in [1.82, 2.24) is 0 Å². The van der Waals surface area contributed by atoms with Crippen LogP contribution in [0.1, 0.15) is 12.5 Å². The van der Waals surface area contributed by atoms with E-state index in [9.17, 15) is 18.4 Å². The zero-order valence-corrected chi connectivity index (χ0v) is 8.63. The summed E-state index contributed by atoms with van der Waals surface area (Å²) in [5.74, 6) is -3.74. The zero-order valence-electron chi connectivity index (χ0n) is 8.63. The van der Waals surface area contributed by atoms with E-state index >= 15 is 0 Å². The zero-order chi connectivity index (χ0) is 12.1. The number of rotatable bonds is 4. The maximum atomic E-state index is 13.1. The van der Waals surface area contributed by atoms with E-state index in [4.69, 9.17) is 0 Å². The fraction of sp³-hybridized carbons (Fsp3) is 0.273. The number of carbonyl (C=O) groups is 2. The Bertz CT molecular complexity index is 395. The van der Waals surface area contributed by atoms with Crippen molar-refractivity contribution in [3.63, 3.8) is 0 Å². The molecule has 3 nitrogen and oxygen atoms in total. The van der Waals surface area contributed by atoms with Crippen LogP contribution in [-0.4, -0.2) is 18.4 Å². The molecule has 0 heterocycles. The molecule has 0 N–H and O–H groups in total. The van der Waals surface area contributed by atoms with Crippen LogP contribution in [0, 0.1) is 11.6 Å².